The summed E-state index contributed by atoms with van der Waals surface area (Å²) in [5.74, 6) is 1.16. The van der Waals surface area contributed by atoms with Crippen molar-refractivity contribution in [3.63, 3.8) is 0 Å². The molecule has 0 aliphatic carbocycles. The highest BCUT2D eigenvalue weighted by molar-refractivity contribution is 6.10. The van der Waals surface area contributed by atoms with Gasteiger partial charge >= 0.3 is 0 Å². The Kier molecular flexibility index (Phi) is 4.92. The van der Waals surface area contributed by atoms with Crippen LogP contribution in [0.2, 0.25) is 0 Å². The number of nitrogens with one attached hydrogen (secondary N) is 1. The van der Waals surface area contributed by atoms with E-state index in [1.54, 1.807) is 19.2 Å². The first-order chi connectivity index (χ1) is 14.0. The zero-order valence-electron chi connectivity index (χ0n) is 17.1. The van der Waals surface area contributed by atoms with E-state index in [0.717, 1.165) is 27.5 Å². The number of rotatable bonds is 5. The number of hydrogen-bond donors (Lipinski definition) is 1. The lowest BCUT2D eigenvalue weighted by Crippen LogP contribution is -2.14. The van der Waals surface area contributed by atoms with E-state index in [0.29, 0.717) is 29.6 Å². The number of hydrogen-bond acceptors (Lipinski definition) is 4. The predicted octanol–water partition coefficient (Wildman–Crippen LogP) is 4.81. The van der Waals surface area contributed by atoms with Crippen molar-refractivity contribution in [1.82, 2.24) is 14.8 Å². The lowest BCUT2D eigenvalue weighted by molar-refractivity contribution is 0.102. The molecule has 1 N–H and O–H groups in total. The number of aryl methyl sites for hydroxylation is 1. The van der Waals surface area contributed by atoms with E-state index < -0.39 is 0 Å². The Balaban J connectivity index is 1.83. The van der Waals surface area contributed by atoms with Gasteiger partial charge in [-0.2, -0.15) is 5.10 Å². The maximum absolute atomic E-state index is 12.9. The van der Waals surface area contributed by atoms with Crippen molar-refractivity contribution in [3.8, 4) is 5.75 Å². The molecule has 6 nitrogen and oxygen atoms in total. The second kappa shape index (κ2) is 7.54. The lowest BCUT2D eigenvalue weighted by Gasteiger charge is -2.08. The summed E-state index contributed by atoms with van der Waals surface area (Å²) in [5.41, 5.74) is 3.31. The maximum Gasteiger partial charge on any atom is 0.260 e. The first-order valence-electron chi connectivity index (χ1n) is 9.68. The minimum Gasteiger partial charge on any atom is -0.496 e. The van der Waals surface area contributed by atoms with Gasteiger partial charge in [0, 0.05) is 11.9 Å². The van der Waals surface area contributed by atoms with Crippen LogP contribution < -0.4 is 10.1 Å². The Labute approximate surface area is 169 Å². The molecule has 2 heterocycles. The third-order valence-corrected chi connectivity index (χ3v) is 4.79. The topological polar surface area (TPSA) is 69.0 Å². The number of amides is 1. The molecule has 0 aliphatic rings. The van der Waals surface area contributed by atoms with Crippen LogP contribution in [0, 0.1) is 12.8 Å². The van der Waals surface area contributed by atoms with Gasteiger partial charge in [-0.15, -0.1) is 0 Å². The Morgan fingerprint density at radius 2 is 1.97 bits per heavy atom. The van der Waals surface area contributed by atoms with Crippen molar-refractivity contribution >= 4 is 33.7 Å². The standard InChI is InChI=1S/C23H24N4O2/c1-14(2)13-27-22-18(12-16-11-15(3)9-10-19(16)24-22)21(26-27)25-23(28)17-7-5-6-8-20(17)29-4/h5-12,14H,13H2,1-4H3,(H,25,26,28). The molecule has 0 saturated carbocycles. The SMILES string of the molecule is COc1ccccc1C(=O)Nc1nn(CC(C)C)c2nc3ccc(C)cc3cc12. The number of para-hydroxylation sites is 1. The number of methoxy groups -OCH3 is 1. The van der Waals surface area contributed by atoms with Crippen LogP contribution in [0.3, 0.4) is 0 Å². The molecule has 0 spiro atoms. The fraction of sp³-hybridized carbons (Fsp3) is 0.261. The van der Waals surface area contributed by atoms with Gasteiger partial charge in [0.15, 0.2) is 11.5 Å². The predicted molar refractivity (Wildman–Crippen MR) is 116 cm³/mol. The van der Waals surface area contributed by atoms with E-state index in [2.05, 4.69) is 43.3 Å². The van der Waals surface area contributed by atoms with E-state index in [1.807, 2.05) is 28.9 Å². The summed E-state index contributed by atoms with van der Waals surface area (Å²) >= 11 is 0. The normalized spacial score (nSPS) is 11.3. The monoisotopic (exact) mass is 388 g/mol. The largest absolute Gasteiger partial charge is 0.496 e. The molecule has 29 heavy (non-hydrogen) atoms. The van der Waals surface area contributed by atoms with Crippen LogP contribution in [0.4, 0.5) is 5.82 Å². The molecule has 0 aliphatic heterocycles. The molecule has 4 rings (SSSR count). The van der Waals surface area contributed by atoms with E-state index in [4.69, 9.17) is 9.72 Å². The molecule has 0 atom stereocenters. The highest BCUT2D eigenvalue weighted by atomic mass is 16.5. The fourth-order valence-corrected chi connectivity index (χ4v) is 3.45. The number of carbonyl (C=O) groups is 1. The summed E-state index contributed by atoms with van der Waals surface area (Å²) in [6.45, 7) is 7.03. The van der Waals surface area contributed by atoms with Crippen molar-refractivity contribution in [2.45, 2.75) is 27.3 Å². The van der Waals surface area contributed by atoms with Crippen LogP contribution in [0.25, 0.3) is 21.9 Å². The summed E-state index contributed by atoms with van der Waals surface area (Å²) < 4.78 is 7.19. The van der Waals surface area contributed by atoms with E-state index in [1.165, 1.54) is 0 Å². The molecule has 0 radical (unpaired) electrons. The lowest BCUT2D eigenvalue weighted by atomic mass is 10.1. The van der Waals surface area contributed by atoms with Crippen LogP contribution in [0.5, 0.6) is 5.75 Å². The quantitative estimate of drug-likeness (QED) is 0.533. The van der Waals surface area contributed by atoms with Crippen molar-refractivity contribution < 1.29 is 9.53 Å². The van der Waals surface area contributed by atoms with Crippen molar-refractivity contribution in [1.29, 1.82) is 0 Å². The number of ether oxygens (including phenoxy) is 1. The molecule has 2 aromatic heterocycles. The molecule has 2 aromatic carbocycles. The molecule has 0 fully saturated rings. The van der Waals surface area contributed by atoms with E-state index in [9.17, 15) is 4.79 Å². The summed E-state index contributed by atoms with van der Waals surface area (Å²) in [4.78, 5) is 17.8. The summed E-state index contributed by atoms with van der Waals surface area (Å²) in [6, 6.07) is 15.4. The number of benzene rings is 2. The van der Waals surface area contributed by atoms with Gasteiger partial charge in [0.2, 0.25) is 0 Å². The number of pyridine rings is 1. The average Bonchev–Trinajstić information content (AvgIpc) is 3.01. The van der Waals surface area contributed by atoms with Crippen molar-refractivity contribution in [2.24, 2.45) is 5.92 Å². The van der Waals surface area contributed by atoms with Crippen LogP contribution >= 0.6 is 0 Å². The Bertz CT molecular complexity index is 1210. The van der Waals surface area contributed by atoms with Gasteiger partial charge in [-0.05, 0) is 43.2 Å². The molecular weight excluding hydrogens is 364 g/mol. The highest BCUT2D eigenvalue weighted by Gasteiger charge is 2.18. The van der Waals surface area contributed by atoms with Gasteiger partial charge in [0.1, 0.15) is 5.75 Å². The zero-order chi connectivity index (χ0) is 20.5. The van der Waals surface area contributed by atoms with Crippen LogP contribution in [0.1, 0.15) is 29.8 Å². The minimum absolute atomic E-state index is 0.261. The minimum atomic E-state index is -0.261. The molecule has 4 aromatic rings. The zero-order valence-corrected chi connectivity index (χ0v) is 17.1. The second-order valence-electron chi connectivity index (χ2n) is 7.63. The number of anilines is 1. The summed E-state index contributed by atoms with van der Waals surface area (Å²) in [7, 11) is 1.55. The van der Waals surface area contributed by atoms with Crippen LogP contribution in [-0.2, 0) is 6.54 Å². The smallest absolute Gasteiger partial charge is 0.260 e. The second-order valence-corrected chi connectivity index (χ2v) is 7.63. The van der Waals surface area contributed by atoms with Gasteiger partial charge < -0.3 is 10.1 Å². The number of aromatic nitrogens is 3. The third-order valence-electron chi connectivity index (χ3n) is 4.79. The summed E-state index contributed by atoms with van der Waals surface area (Å²) in [5, 5.41) is 9.48. The molecule has 6 heteroatoms. The Morgan fingerprint density at radius 3 is 2.72 bits per heavy atom. The van der Waals surface area contributed by atoms with Gasteiger partial charge in [-0.1, -0.05) is 37.6 Å². The Hall–Kier alpha value is -3.41. The van der Waals surface area contributed by atoms with Crippen molar-refractivity contribution in [2.75, 3.05) is 12.4 Å². The molecular formula is C23H24N4O2. The maximum atomic E-state index is 12.9. The molecule has 0 saturated heterocycles. The highest BCUT2D eigenvalue weighted by Crippen LogP contribution is 2.28. The molecule has 148 valence electrons. The van der Waals surface area contributed by atoms with Gasteiger partial charge in [0.25, 0.3) is 5.91 Å². The molecule has 0 bridgehead atoms. The number of fused-ring (bicyclic) bond motifs is 2. The Morgan fingerprint density at radius 1 is 1.17 bits per heavy atom. The number of carbonyl (C=O) groups excluding carboxylic acids is 1. The van der Waals surface area contributed by atoms with Gasteiger partial charge in [0.05, 0.1) is 23.6 Å². The van der Waals surface area contributed by atoms with E-state index >= 15 is 0 Å². The summed E-state index contributed by atoms with van der Waals surface area (Å²) in [6.07, 6.45) is 0. The van der Waals surface area contributed by atoms with E-state index in [-0.39, 0.29) is 5.91 Å². The third kappa shape index (κ3) is 3.66. The van der Waals surface area contributed by atoms with Gasteiger partial charge in [-0.3, -0.25) is 4.79 Å². The first-order valence-corrected chi connectivity index (χ1v) is 9.68. The number of nitrogens with zero attached hydrogens (tertiary/aromatic N) is 3. The fourth-order valence-electron chi connectivity index (χ4n) is 3.45. The molecule has 0 unspecified atom stereocenters. The van der Waals surface area contributed by atoms with Crippen molar-refractivity contribution in [3.05, 3.63) is 59.7 Å². The van der Waals surface area contributed by atoms with Crippen LogP contribution in [-0.4, -0.2) is 27.8 Å². The molecule has 1 amide bonds. The van der Waals surface area contributed by atoms with Crippen LogP contribution in [0.15, 0.2) is 48.5 Å². The average molecular weight is 388 g/mol. The van der Waals surface area contributed by atoms with Gasteiger partial charge in [-0.25, -0.2) is 9.67 Å². The first kappa shape index (κ1) is 18.9.